The molecule has 0 saturated heterocycles. The molecule has 1 heterocycles. The van der Waals surface area contributed by atoms with Crippen molar-refractivity contribution in [3.8, 4) is 0 Å². The molecule has 21 heavy (non-hydrogen) atoms. The summed E-state index contributed by atoms with van der Waals surface area (Å²) in [5, 5.41) is 1.39. The van der Waals surface area contributed by atoms with E-state index >= 15 is 0 Å². The zero-order chi connectivity index (χ0) is 15.0. The van der Waals surface area contributed by atoms with Crippen LogP contribution in [0, 0.1) is 0 Å². The van der Waals surface area contributed by atoms with Gasteiger partial charge in [-0.2, -0.15) is 0 Å². The zero-order valence-corrected chi connectivity index (χ0v) is 13.8. The van der Waals surface area contributed by atoms with Gasteiger partial charge in [0, 0.05) is 46.0 Å². The van der Waals surface area contributed by atoms with Gasteiger partial charge in [0.05, 0.1) is 0 Å². The van der Waals surface area contributed by atoms with E-state index in [1.54, 1.807) is 6.07 Å². The van der Waals surface area contributed by atoms with Crippen LogP contribution >= 0.6 is 35.2 Å². The molecule has 0 bridgehead atoms. The number of nitrogens with zero attached hydrogens (tertiary/aromatic N) is 1. The first kappa shape index (κ1) is 15.2. The Bertz CT molecular complexity index is 677. The van der Waals surface area contributed by atoms with Crippen molar-refractivity contribution in [1.29, 1.82) is 0 Å². The lowest BCUT2D eigenvalue weighted by Gasteiger charge is -2.33. The monoisotopic (exact) mass is 339 g/mol. The van der Waals surface area contributed by atoms with Crippen molar-refractivity contribution in [1.82, 2.24) is 4.90 Å². The van der Waals surface area contributed by atoms with Crippen LogP contribution < -0.4 is 0 Å². The molecule has 0 aromatic heterocycles. The quantitative estimate of drug-likeness (QED) is 0.766. The maximum atomic E-state index is 9.26. The topological polar surface area (TPSA) is 23.5 Å². The van der Waals surface area contributed by atoms with Crippen molar-refractivity contribution in [3.63, 3.8) is 0 Å². The lowest BCUT2D eigenvalue weighted by molar-refractivity contribution is 0.295. The van der Waals surface area contributed by atoms with Crippen LogP contribution in [0.5, 0.6) is 0 Å². The molecule has 1 atom stereocenters. The third-order valence-electron chi connectivity index (χ3n) is 3.86. The number of rotatable bonds is 2. The first-order chi connectivity index (χ1) is 10.1. The van der Waals surface area contributed by atoms with Gasteiger partial charge in [0.15, 0.2) is 0 Å². The smallest absolute Gasteiger partial charge is 0.0468 e. The lowest BCUT2D eigenvalue weighted by atomic mass is 9.85. The molecule has 5 heteroatoms. The highest BCUT2D eigenvalue weighted by molar-refractivity contribution is 7.93. The van der Waals surface area contributed by atoms with Crippen molar-refractivity contribution >= 4 is 35.2 Å². The van der Waals surface area contributed by atoms with Crippen LogP contribution in [0.3, 0.4) is 0 Å². The standard InChI is InChI=1S/C16H15Cl2NOS/c1-19-8-14(10-3-2-4-12(5-10)21-20)13-6-11(17)7-16(18)15(13)9-19/h2-7,14,20H,8-9H2,1H3/t14-/m0/s1. The Balaban J connectivity index is 2.12. The van der Waals surface area contributed by atoms with Gasteiger partial charge in [0.25, 0.3) is 0 Å². The molecule has 1 aliphatic heterocycles. The number of benzene rings is 2. The molecule has 0 radical (unpaired) electrons. The van der Waals surface area contributed by atoms with E-state index in [0.717, 1.165) is 40.6 Å². The number of hydrogen-bond donors (Lipinski definition) is 1. The molecule has 110 valence electrons. The van der Waals surface area contributed by atoms with Gasteiger partial charge in [-0.15, -0.1) is 0 Å². The highest BCUT2D eigenvalue weighted by atomic mass is 35.5. The average Bonchev–Trinajstić information content (AvgIpc) is 2.47. The van der Waals surface area contributed by atoms with Crippen molar-refractivity contribution in [3.05, 3.63) is 63.1 Å². The van der Waals surface area contributed by atoms with E-state index in [9.17, 15) is 4.55 Å². The van der Waals surface area contributed by atoms with Crippen molar-refractivity contribution in [2.75, 3.05) is 13.6 Å². The van der Waals surface area contributed by atoms with Gasteiger partial charge >= 0.3 is 0 Å². The van der Waals surface area contributed by atoms with E-state index in [2.05, 4.69) is 18.0 Å². The number of likely N-dealkylation sites (N-methyl/N-ethyl adjacent to an activating group) is 1. The highest BCUT2D eigenvalue weighted by Gasteiger charge is 2.27. The molecule has 0 saturated carbocycles. The first-order valence-corrected chi connectivity index (χ1v) is 8.19. The van der Waals surface area contributed by atoms with Gasteiger partial charge in [-0.05, 0) is 48.0 Å². The molecule has 0 aliphatic carbocycles. The maximum absolute atomic E-state index is 9.26. The minimum atomic E-state index is 0.210. The van der Waals surface area contributed by atoms with Crippen LogP contribution in [0.25, 0.3) is 0 Å². The first-order valence-electron chi connectivity index (χ1n) is 6.66. The molecule has 0 fully saturated rings. The Labute approximate surface area is 138 Å². The molecular formula is C16H15Cl2NOS. The summed E-state index contributed by atoms with van der Waals surface area (Å²) < 4.78 is 9.26. The van der Waals surface area contributed by atoms with Gasteiger partial charge in [-0.1, -0.05) is 35.3 Å². The van der Waals surface area contributed by atoms with E-state index in [0.29, 0.717) is 5.02 Å². The largest absolute Gasteiger partial charge is 0.325 e. The molecule has 2 aromatic carbocycles. The fraction of sp³-hybridized carbons (Fsp3) is 0.250. The second-order valence-corrected chi connectivity index (χ2v) is 6.87. The number of fused-ring (bicyclic) bond motifs is 1. The molecule has 0 amide bonds. The molecule has 2 nitrogen and oxygen atoms in total. The van der Waals surface area contributed by atoms with E-state index in [1.165, 1.54) is 11.1 Å². The number of hydrogen-bond acceptors (Lipinski definition) is 3. The summed E-state index contributed by atoms with van der Waals surface area (Å²) in [6.45, 7) is 1.74. The third-order valence-corrected chi connectivity index (χ3v) is 4.88. The minimum Gasteiger partial charge on any atom is -0.325 e. The molecule has 1 aliphatic rings. The summed E-state index contributed by atoms with van der Waals surface area (Å²) >= 11 is 13.3. The Morgan fingerprint density at radius 2 is 2.05 bits per heavy atom. The van der Waals surface area contributed by atoms with Gasteiger partial charge in [-0.25, -0.2) is 0 Å². The molecule has 2 aromatic rings. The van der Waals surface area contributed by atoms with Crippen LogP contribution in [-0.2, 0) is 6.54 Å². The van der Waals surface area contributed by atoms with E-state index in [4.69, 9.17) is 23.2 Å². The van der Waals surface area contributed by atoms with E-state index < -0.39 is 0 Å². The Morgan fingerprint density at radius 3 is 2.81 bits per heavy atom. The van der Waals surface area contributed by atoms with Crippen molar-refractivity contribution in [2.45, 2.75) is 17.4 Å². The second-order valence-electron chi connectivity index (χ2n) is 5.37. The minimum absolute atomic E-state index is 0.210. The molecule has 1 N–H and O–H groups in total. The van der Waals surface area contributed by atoms with Crippen molar-refractivity contribution < 1.29 is 4.55 Å². The molecule has 0 spiro atoms. The fourth-order valence-corrected chi connectivity index (χ4v) is 3.82. The summed E-state index contributed by atoms with van der Waals surface area (Å²) in [6, 6.07) is 11.8. The summed E-state index contributed by atoms with van der Waals surface area (Å²) in [5.74, 6) is 0.210. The van der Waals surface area contributed by atoms with Crippen LogP contribution in [0.15, 0.2) is 41.3 Å². The van der Waals surface area contributed by atoms with Crippen molar-refractivity contribution in [2.24, 2.45) is 0 Å². The average molecular weight is 340 g/mol. The molecular weight excluding hydrogens is 325 g/mol. The highest BCUT2D eigenvalue weighted by Crippen LogP contribution is 2.38. The van der Waals surface area contributed by atoms with Gasteiger partial charge < -0.3 is 9.45 Å². The van der Waals surface area contributed by atoms with E-state index in [-0.39, 0.29) is 5.92 Å². The van der Waals surface area contributed by atoms with Gasteiger partial charge in [0.2, 0.25) is 0 Å². The van der Waals surface area contributed by atoms with Gasteiger partial charge in [-0.3, -0.25) is 0 Å². The second kappa shape index (κ2) is 6.19. The number of halogens is 2. The summed E-state index contributed by atoms with van der Waals surface area (Å²) in [7, 11) is 2.09. The third kappa shape index (κ3) is 3.08. The summed E-state index contributed by atoms with van der Waals surface area (Å²) in [5.41, 5.74) is 3.49. The zero-order valence-electron chi connectivity index (χ0n) is 11.5. The van der Waals surface area contributed by atoms with E-state index in [1.807, 2.05) is 24.3 Å². The lowest BCUT2D eigenvalue weighted by Crippen LogP contribution is -2.31. The molecule has 3 rings (SSSR count). The van der Waals surface area contributed by atoms with Crippen LogP contribution in [0.1, 0.15) is 22.6 Å². The Kier molecular flexibility index (Phi) is 4.48. The summed E-state index contributed by atoms with van der Waals surface area (Å²) in [4.78, 5) is 3.10. The Morgan fingerprint density at radius 1 is 1.24 bits per heavy atom. The predicted molar refractivity (Wildman–Crippen MR) is 89.6 cm³/mol. The fourth-order valence-electron chi connectivity index (χ4n) is 2.92. The normalized spacial score (nSPS) is 18.6. The maximum Gasteiger partial charge on any atom is 0.0468 e. The Hall–Kier alpha value is -0.710. The van der Waals surface area contributed by atoms with Crippen LogP contribution in [0.4, 0.5) is 0 Å². The SMILES string of the molecule is CN1Cc2c(Cl)cc(Cl)cc2[C@H](c2cccc(SO)c2)C1. The predicted octanol–water partition coefficient (Wildman–Crippen LogP) is 5.14. The van der Waals surface area contributed by atoms with Gasteiger partial charge in [0.1, 0.15) is 0 Å². The van der Waals surface area contributed by atoms with Crippen LogP contribution in [-0.4, -0.2) is 23.0 Å². The summed E-state index contributed by atoms with van der Waals surface area (Å²) in [6.07, 6.45) is 0. The molecule has 0 unspecified atom stereocenters. The van der Waals surface area contributed by atoms with Crippen LogP contribution in [0.2, 0.25) is 10.0 Å².